The van der Waals surface area contributed by atoms with Crippen LogP contribution in [-0.2, 0) is 6.42 Å². The molecule has 2 aromatic heterocycles. The Morgan fingerprint density at radius 3 is 3.00 bits per heavy atom. The molecule has 0 fully saturated rings. The molecule has 0 saturated heterocycles. The summed E-state index contributed by atoms with van der Waals surface area (Å²) in [7, 11) is 0. The maximum absolute atomic E-state index is 5.52. The Bertz CT molecular complexity index is 374. The van der Waals surface area contributed by atoms with Gasteiger partial charge in [0, 0.05) is 17.7 Å². The molecule has 0 unspecified atom stereocenters. The number of hydrogen-bond donors (Lipinski definition) is 0. The summed E-state index contributed by atoms with van der Waals surface area (Å²) in [6, 6.07) is 0. The number of rotatable bonds is 3. The lowest BCUT2D eigenvalue weighted by atomic mass is 10.5. The van der Waals surface area contributed by atoms with Gasteiger partial charge in [0.25, 0.3) is 5.89 Å². The van der Waals surface area contributed by atoms with Crippen LogP contribution in [0.1, 0.15) is 5.89 Å². The Labute approximate surface area is 82.9 Å². The van der Waals surface area contributed by atoms with Crippen molar-refractivity contribution in [3.63, 3.8) is 0 Å². The summed E-state index contributed by atoms with van der Waals surface area (Å²) in [5.74, 6) is 1.39. The van der Waals surface area contributed by atoms with Crippen molar-refractivity contribution in [2.75, 3.05) is 5.88 Å². The Kier molecular flexibility index (Phi) is 2.51. The fourth-order valence-corrected chi connectivity index (χ4v) is 1.39. The second-order valence-corrected chi connectivity index (χ2v) is 3.22. The van der Waals surface area contributed by atoms with Crippen LogP contribution < -0.4 is 0 Å². The Balaban J connectivity index is 2.23. The summed E-state index contributed by atoms with van der Waals surface area (Å²) in [4.78, 5) is 0. The van der Waals surface area contributed by atoms with E-state index in [1.54, 1.807) is 5.38 Å². The molecule has 0 radical (unpaired) electrons. The summed E-state index contributed by atoms with van der Waals surface area (Å²) >= 11 is 6.76. The van der Waals surface area contributed by atoms with Crippen LogP contribution >= 0.6 is 23.1 Å². The standard InChI is InChI=1S/C6H5ClN4OS/c7-2-1-5-9-10-6(12-5)4-3-13-11-8-4/h3H,1-2H2. The van der Waals surface area contributed by atoms with E-state index < -0.39 is 0 Å². The van der Waals surface area contributed by atoms with Crippen molar-refractivity contribution in [3.8, 4) is 11.6 Å². The average molecular weight is 217 g/mol. The molecule has 0 spiro atoms. The zero-order valence-electron chi connectivity index (χ0n) is 6.47. The molecule has 2 rings (SSSR count). The first kappa shape index (κ1) is 8.58. The molecule has 13 heavy (non-hydrogen) atoms. The normalized spacial score (nSPS) is 10.5. The fourth-order valence-electron chi connectivity index (χ4n) is 0.797. The number of nitrogens with zero attached hydrogens (tertiary/aromatic N) is 4. The summed E-state index contributed by atoms with van der Waals surface area (Å²) in [6.45, 7) is 0. The third kappa shape index (κ3) is 1.84. The van der Waals surface area contributed by atoms with Gasteiger partial charge >= 0.3 is 0 Å². The molecule has 0 N–H and O–H groups in total. The molecule has 0 aliphatic carbocycles. The lowest BCUT2D eigenvalue weighted by Gasteiger charge is -1.84. The van der Waals surface area contributed by atoms with E-state index in [0.717, 1.165) is 0 Å². The van der Waals surface area contributed by atoms with E-state index in [-0.39, 0.29) is 0 Å². The SMILES string of the molecule is ClCCc1nnc(-c2csnn2)o1. The smallest absolute Gasteiger partial charge is 0.269 e. The fraction of sp³-hybridized carbons (Fsp3) is 0.333. The molecule has 2 heterocycles. The number of alkyl halides is 1. The zero-order chi connectivity index (χ0) is 9.10. The lowest BCUT2D eigenvalue weighted by molar-refractivity contribution is 0.512. The van der Waals surface area contributed by atoms with E-state index in [4.69, 9.17) is 16.0 Å². The number of aromatic nitrogens is 4. The number of hydrogen-bond acceptors (Lipinski definition) is 6. The van der Waals surface area contributed by atoms with E-state index >= 15 is 0 Å². The van der Waals surface area contributed by atoms with Gasteiger partial charge in [0.05, 0.1) is 0 Å². The highest BCUT2D eigenvalue weighted by Gasteiger charge is 2.09. The van der Waals surface area contributed by atoms with Crippen molar-refractivity contribution in [2.24, 2.45) is 0 Å². The second-order valence-electron chi connectivity index (χ2n) is 2.23. The van der Waals surface area contributed by atoms with E-state index in [2.05, 4.69) is 19.8 Å². The van der Waals surface area contributed by atoms with Crippen LogP contribution in [0.25, 0.3) is 11.6 Å². The van der Waals surface area contributed by atoms with Gasteiger partial charge in [-0.15, -0.1) is 26.9 Å². The van der Waals surface area contributed by atoms with Crippen molar-refractivity contribution < 1.29 is 4.42 Å². The van der Waals surface area contributed by atoms with Gasteiger partial charge in [-0.25, -0.2) is 0 Å². The van der Waals surface area contributed by atoms with Crippen molar-refractivity contribution in [3.05, 3.63) is 11.3 Å². The first-order valence-corrected chi connectivity index (χ1v) is 4.93. The summed E-state index contributed by atoms with van der Waals surface area (Å²) in [5.41, 5.74) is 0.610. The highest BCUT2D eigenvalue weighted by atomic mass is 35.5. The lowest BCUT2D eigenvalue weighted by Crippen LogP contribution is -1.84. The third-order valence-corrected chi connectivity index (χ3v) is 2.05. The van der Waals surface area contributed by atoms with Crippen molar-refractivity contribution in [1.29, 1.82) is 0 Å². The van der Waals surface area contributed by atoms with Gasteiger partial charge in [0.1, 0.15) is 0 Å². The molecule has 0 aromatic carbocycles. The predicted molar refractivity (Wildman–Crippen MR) is 47.6 cm³/mol. The van der Waals surface area contributed by atoms with Gasteiger partial charge in [-0.1, -0.05) is 4.49 Å². The van der Waals surface area contributed by atoms with Crippen molar-refractivity contribution in [1.82, 2.24) is 19.8 Å². The molecule has 0 aliphatic heterocycles. The van der Waals surface area contributed by atoms with Crippen LogP contribution in [0.2, 0.25) is 0 Å². The van der Waals surface area contributed by atoms with Crippen LogP contribution in [0.15, 0.2) is 9.80 Å². The Hall–Kier alpha value is -1.01. The van der Waals surface area contributed by atoms with Gasteiger partial charge in [-0.3, -0.25) is 0 Å². The highest BCUT2D eigenvalue weighted by molar-refractivity contribution is 7.03. The number of aryl methyl sites for hydroxylation is 1. The monoisotopic (exact) mass is 216 g/mol. The quantitative estimate of drug-likeness (QED) is 0.725. The first-order chi connectivity index (χ1) is 6.40. The topological polar surface area (TPSA) is 64.7 Å². The molecule has 7 heteroatoms. The first-order valence-electron chi connectivity index (χ1n) is 3.56. The van der Waals surface area contributed by atoms with Gasteiger partial charge in [-0.05, 0) is 11.5 Å². The Morgan fingerprint density at radius 2 is 2.31 bits per heavy atom. The van der Waals surface area contributed by atoms with E-state index in [0.29, 0.717) is 29.8 Å². The minimum absolute atomic E-state index is 0.397. The van der Waals surface area contributed by atoms with Crippen LogP contribution in [0.3, 0.4) is 0 Å². The van der Waals surface area contributed by atoms with Crippen LogP contribution in [0.5, 0.6) is 0 Å². The summed E-state index contributed by atoms with van der Waals surface area (Å²) < 4.78 is 8.96. The maximum Gasteiger partial charge on any atom is 0.269 e. The molecule has 0 bridgehead atoms. The minimum atomic E-state index is 0.397. The molecule has 2 aromatic rings. The molecule has 0 atom stereocenters. The van der Waals surface area contributed by atoms with Gasteiger partial charge in [0.2, 0.25) is 5.89 Å². The van der Waals surface area contributed by atoms with E-state index in [9.17, 15) is 0 Å². The summed E-state index contributed by atoms with van der Waals surface area (Å²) in [5, 5.41) is 13.2. The summed E-state index contributed by atoms with van der Waals surface area (Å²) in [6.07, 6.45) is 0.576. The minimum Gasteiger partial charge on any atom is -0.419 e. The second kappa shape index (κ2) is 3.80. The third-order valence-electron chi connectivity index (χ3n) is 1.35. The molecule has 68 valence electrons. The number of halogens is 1. The van der Waals surface area contributed by atoms with E-state index in [1.807, 2.05) is 0 Å². The predicted octanol–water partition coefficient (Wildman–Crippen LogP) is 1.37. The van der Waals surface area contributed by atoms with Crippen LogP contribution in [0.4, 0.5) is 0 Å². The average Bonchev–Trinajstić information content (AvgIpc) is 2.70. The van der Waals surface area contributed by atoms with Gasteiger partial charge in [0.15, 0.2) is 5.69 Å². The molecule has 0 amide bonds. The zero-order valence-corrected chi connectivity index (χ0v) is 8.05. The molecular formula is C6H5ClN4OS. The van der Waals surface area contributed by atoms with Crippen molar-refractivity contribution >= 4 is 23.1 Å². The van der Waals surface area contributed by atoms with Crippen LogP contribution in [0, 0.1) is 0 Å². The highest BCUT2D eigenvalue weighted by Crippen LogP contribution is 2.15. The molecular weight excluding hydrogens is 212 g/mol. The van der Waals surface area contributed by atoms with Crippen LogP contribution in [-0.4, -0.2) is 25.7 Å². The maximum atomic E-state index is 5.52. The van der Waals surface area contributed by atoms with Crippen molar-refractivity contribution in [2.45, 2.75) is 6.42 Å². The molecule has 0 aliphatic rings. The Morgan fingerprint density at radius 1 is 1.38 bits per heavy atom. The molecule has 5 nitrogen and oxygen atoms in total. The van der Waals surface area contributed by atoms with E-state index in [1.165, 1.54) is 11.5 Å². The van der Waals surface area contributed by atoms with Gasteiger partial charge < -0.3 is 4.42 Å². The van der Waals surface area contributed by atoms with Gasteiger partial charge in [-0.2, -0.15) is 0 Å². The molecule has 0 saturated carbocycles. The largest absolute Gasteiger partial charge is 0.419 e.